The molecule has 0 fully saturated rings. The van der Waals surface area contributed by atoms with Crippen LogP contribution in [0.25, 0.3) is 0 Å². The van der Waals surface area contributed by atoms with Gasteiger partial charge >= 0.3 is 5.97 Å². The number of hydrogen-bond donors (Lipinski definition) is 0. The molecule has 0 rings (SSSR count). The fourth-order valence-electron chi connectivity index (χ4n) is 2.12. The third-order valence-electron chi connectivity index (χ3n) is 3.26. The first-order valence-corrected chi connectivity index (χ1v) is 8.65. The van der Waals surface area contributed by atoms with E-state index in [0.29, 0.717) is 6.61 Å². The summed E-state index contributed by atoms with van der Waals surface area (Å²) < 4.78 is 4.90. The van der Waals surface area contributed by atoms with E-state index < -0.39 is 0 Å². The lowest BCUT2D eigenvalue weighted by Gasteiger charge is -2.03. The Labute approximate surface area is 129 Å². The van der Waals surface area contributed by atoms with Gasteiger partial charge in [0.15, 0.2) is 0 Å². The first kappa shape index (κ1) is 19.5. The summed E-state index contributed by atoms with van der Waals surface area (Å²) in [6, 6.07) is 0. The molecule has 0 atom stereocenters. The Morgan fingerprint density at radius 3 is 1.90 bits per heavy atom. The van der Waals surface area contributed by atoms with Crippen molar-refractivity contribution in [2.24, 2.45) is 0 Å². The second-order valence-corrected chi connectivity index (χ2v) is 5.64. The smallest absolute Gasteiger partial charge is 0.302 e. The largest absolute Gasteiger partial charge is 0.466 e. The molecule has 0 aromatic rings. The number of hydrogen-bond acceptors (Lipinski definition) is 2. The quantitative estimate of drug-likeness (QED) is 0.180. The van der Waals surface area contributed by atoms with E-state index in [1.54, 1.807) is 0 Å². The molecule has 0 radical (unpaired) electrons. The van der Waals surface area contributed by atoms with Crippen molar-refractivity contribution in [2.75, 3.05) is 12.5 Å². The second kappa shape index (κ2) is 16.6. The van der Waals surface area contributed by atoms with Gasteiger partial charge in [-0.25, -0.2) is 0 Å². The van der Waals surface area contributed by atoms with Crippen LogP contribution in [0.15, 0.2) is 12.2 Å². The maximum Gasteiger partial charge on any atom is 0.302 e. The van der Waals surface area contributed by atoms with Crippen molar-refractivity contribution in [2.45, 2.75) is 77.6 Å². The van der Waals surface area contributed by atoms with E-state index in [4.69, 9.17) is 16.3 Å². The molecule has 0 aromatic carbocycles. The highest BCUT2D eigenvalue weighted by atomic mass is 35.5. The second-order valence-electron chi connectivity index (χ2n) is 5.26. The van der Waals surface area contributed by atoms with Gasteiger partial charge in [-0.2, -0.15) is 0 Å². The Hall–Kier alpha value is -0.500. The van der Waals surface area contributed by atoms with Crippen molar-refractivity contribution in [3.8, 4) is 0 Å². The van der Waals surface area contributed by atoms with Crippen LogP contribution in [0.2, 0.25) is 0 Å². The molecule has 0 spiro atoms. The molecule has 0 heterocycles. The van der Waals surface area contributed by atoms with Crippen molar-refractivity contribution < 1.29 is 9.53 Å². The van der Waals surface area contributed by atoms with Crippen molar-refractivity contribution in [3.63, 3.8) is 0 Å². The van der Waals surface area contributed by atoms with Crippen LogP contribution in [0.1, 0.15) is 77.6 Å². The number of esters is 1. The molecule has 0 saturated heterocycles. The minimum absolute atomic E-state index is 0.164. The van der Waals surface area contributed by atoms with Gasteiger partial charge < -0.3 is 4.74 Å². The van der Waals surface area contributed by atoms with Crippen molar-refractivity contribution in [3.05, 3.63) is 12.2 Å². The molecule has 0 saturated carbocycles. The van der Waals surface area contributed by atoms with E-state index >= 15 is 0 Å². The van der Waals surface area contributed by atoms with Crippen LogP contribution in [0.4, 0.5) is 0 Å². The summed E-state index contributed by atoms with van der Waals surface area (Å²) in [7, 11) is 0. The number of carbonyl (C=O) groups is 1. The maximum atomic E-state index is 10.5. The highest BCUT2D eigenvalue weighted by Crippen LogP contribution is 2.11. The van der Waals surface area contributed by atoms with Gasteiger partial charge in [0.05, 0.1) is 6.61 Å². The SMILES string of the molecule is CC(=O)OCCCCCCCCCCCC=CCCCl. The number of carbonyl (C=O) groups excluding carboxylic acids is 1. The molecule has 0 N–H and O–H groups in total. The molecule has 0 aromatic heterocycles. The van der Waals surface area contributed by atoms with Gasteiger partial charge in [0.25, 0.3) is 0 Å². The summed E-state index contributed by atoms with van der Waals surface area (Å²) in [5.74, 6) is 0.569. The van der Waals surface area contributed by atoms with E-state index in [1.165, 1.54) is 64.7 Å². The van der Waals surface area contributed by atoms with Crippen molar-refractivity contribution in [1.82, 2.24) is 0 Å². The Morgan fingerprint density at radius 2 is 1.35 bits per heavy atom. The molecule has 0 aliphatic rings. The van der Waals surface area contributed by atoms with Crippen LogP contribution in [0.3, 0.4) is 0 Å². The number of ether oxygens (including phenoxy) is 1. The zero-order valence-electron chi connectivity index (χ0n) is 13.0. The third kappa shape index (κ3) is 17.5. The van der Waals surface area contributed by atoms with Gasteiger partial charge in [0.2, 0.25) is 0 Å². The minimum Gasteiger partial charge on any atom is -0.466 e. The number of rotatable bonds is 14. The lowest BCUT2D eigenvalue weighted by Crippen LogP contribution is -2.00. The van der Waals surface area contributed by atoms with Gasteiger partial charge in [0.1, 0.15) is 0 Å². The van der Waals surface area contributed by atoms with E-state index in [9.17, 15) is 4.79 Å². The van der Waals surface area contributed by atoms with E-state index in [0.717, 1.165) is 18.7 Å². The first-order chi connectivity index (χ1) is 9.77. The van der Waals surface area contributed by atoms with Gasteiger partial charge in [-0.05, 0) is 25.7 Å². The van der Waals surface area contributed by atoms with Crippen LogP contribution in [-0.2, 0) is 9.53 Å². The normalized spacial score (nSPS) is 11.1. The van der Waals surface area contributed by atoms with Crippen LogP contribution < -0.4 is 0 Å². The van der Waals surface area contributed by atoms with Crippen molar-refractivity contribution >= 4 is 17.6 Å². The molecule has 118 valence electrons. The predicted octanol–water partition coefficient (Wildman–Crippen LogP) is 5.64. The van der Waals surface area contributed by atoms with Gasteiger partial charge in [-0.1, -0.05) is 57.1 Å². The van der Waals surface area contributed by atoms with E-state index in [1.807, 2.05) is 0 Å². The Morgan fingerprint density at radius 1 is 0.850 bits per heavy atom. The van der Waals surface area contributed by atoms with E-state index in [2.05, 4.69) is 12.2 Å². The van der Waals surface area contributed by atoms with Gasteiger partial charge in [-0.3, -0.25) is 4.79 Å². The van der Waals surface area contributed by atoms with Crippen LogP contribution in [0.5, 0.6) is 0 Å². The molecule has 0 aliphatic carbocycles. The number of allylic oxidation sites excluding steroid dienone is 2. The number of unbranched alkanes of at least 4 members (excludes halogenated alkanes) is 9. The van der Waals surface area contributed by atoms with E-state index in [-0.39, 0.29) is 5.97 Å². The molecule has 0 amide bonds. The summed E-state index contributed by atoms with van der Waals surface area (Å²) in [5.41, 5.74) is 0. The molecular formula is C17H31ClO2. The van der Waals surface area contributed by atoms with Gasteiger partial charge in [-0.15, -0.1) is 11.6 Å². The summed E-state index contributed by atoms with van der Waals surface area (Å²) in [4.78, 5) is 10.5. The summed E-state index contributed by atoms with van der Waals surface area (Å²) in [5, 5.41) is 0. The monoisotopic (exact) mass is 302 g/mol. The average molecular weight is 303 g/mol. The Balaban J connectivity index is 3.01. The predicted molar refractivity (Wildman–Crippen MR) is 87.3 cm³/mol. The molecule has 3 heteroatoms. The van der Waals surface area contributed by atoms with Crippen LogP contribution >= 0.6 is 11.6 Å². The standard InChI is InChI=1S/C17H31ClO2/c1-17(19)20-16-14-12-10-8-6-4-2-3-5-7-9-11-13-15-18/h9,11H,2-8,10,12-16H2,1H3. The molecule has 0 unspecified atom stereocenters. The molecule has 2 nitrogen and oxygen atoms in total. The minimum atomic E-state index is -0.164. The summed E-state index contributed by atoms with van der Waals surface area (Å²) >= 11 is 5.59. The fraction of sp³-hybridized carbons (Fsp3) is 0.824. The topological polar surface area (TPSA) is 26.3 Å². The number of halogens is 1. The average Bonchev–Trinajstić information content (AvgIpc) is 2.43. The Kier molecular flexibility index (Phi) is 16.1. The fourth-order valence-corrected chi connectivity index (χ4v) is 2.24. The molecule has 20 heavy (non-hydrogen) atoms. The van der Waals surface area contributed by atoms with Crippen LogP contribution in [-0.4, -0.2) is 18.5 Å². The summed E-state index contributed by atoms with van der Waals surface area (Å²) in [6.07, 6.45) is 18.1. The molecular weight excluding hydrogens is 272 g/mol. The zero-order chi connectivity index (χ0) is 14.9. The van der Waals surface area contributed by atoms with Crippen LogP contribution in [0, 0.1) is 0 Å². The lowest BCUT2D eigenvalue weighted by atomic mass is 10.1. The summed E-state index contributed by atoms with van der Waals surface area (Å²) in [6.45, 7) is 2.06. The van der Waals surface area contributed by atoms with Crippen molar-refractivity contribution in [1.29, 1.82) is 0 Å². The third-order valence-corrected chi connectivity index (χ3v) is 3.48. The lowest BCUT2D eigenvalue weighted by molar-refractivity contribution is -0.141. The van der Waals surface area contributed by atoms with Gasteiger partial charge in [0, 0.05) is 12.8 Å². The Bertz CT molecular complexity index is 239. The maximum absolute atomic E-state index is 10.5. The highest BCUT2D eigenvalue weighted by molar-refractivity contribution is 6.17. The molecule has 0 bridgehead atoms. The highest BCUT2D eigenvalue weighted by Gasteiger charge is 1.94. The number of alkyl halides is 1. The molecule has 0 aliphatic heterocycles. The zero-order valence-corrected chi connectivity index (χ0v) is 13.8. The first-order valence-electron chi connectivity index (χ1n) is 8.11.